The van der Waals surface area contributed by atoms with Crippen LogP contribution in [0.15, 0.2) is 97.1 Å². The highest BCUT2D eigenvalue weighted by Crippen LogP contribution is 2.28. The zero-order chi connectivity index (χ0) is 22.4. The zero-order valence-electron chi connectivity index (χ0n) is 17.2. The van der Waals surface area contributed by atoms with Crippen LogP contribution in [0.3, 0.4) is 0 Å². The van der Waals surface area contributed by atoms with Crippen molar-refractivity contribution in [1.82, 2.24) is 0 Å². The first-order chi connectivity index (χ1) is 14.7. The molecule has 0 amide bonds. The summed E-state index contributed by atoms with van der Waals surface area (Å²) < 4.78 is 35.0. The lowest BCUT2D eigenvalue weighted by Gasteiger charge is -2.10. The van der Waals surface area contributed by atoms with Crippen molar-refractivity contribution in [2.24, 2.45) is 7.05 Å². The lowest BCUT2D eigenvalue weighted by molar-refractivity contribution is -1.92. The maximum atomic E-state index is 8.60. The molecule has 158 valence electrons. The molecule has 31 heavy (non-hydrogen) atoms. The Morgan fingerprint density at radius 3 is 1.39 bits per heavy atom. The molecule has 0 aliphatic heterocycles. The van der Waals surface area contributed by atoms with E-state index in [4.69, 9.17) is 18.6 Å². The van der Waals surface area contributed by atoms with Gasteiger partial charge in [0.05, 0.1) is 14.9 Å². The molecule has 0 unspecified atom stereocenters. The van der Waals surface area contributed by atoms with Gasteiger partial charge in [0.25, 0.3) is 0 Å². The van der Waals surface area contributed by atoms with Crippen LogP contribution in [0.1, 0.15) is 5.56 Å². The summed E-state index contributed by atoms with van der Waals surface area (Å²) in [6, 6.07) is 34.5. The summed E-state index contributed by atoms with van der Waals surface area (Å²) in [6.07, 6.45) is 0. The Kier molecular flexibility index (Phi) is 7.17. The van der Waals surface area contributed by atoms with E-state index in [-0.39, 0.29) is 0 Å². The fraction of sp³-hybridized carbons (Fsp3) is 0.0800. The number of pyridine rings is 1. The number of aryl methyl sites for hydroxylation is 1. The van der Waals surface area contributed by atoms with Crippen molar-refractivity contribution < 1.29 is 33.4 Å². The van der Waals surface area contributed by atoms with Gasteiger partial charge in [-0.25, -0.2) is 0 Å². The van der Waals surface area contributed by atoms with Gasteiger partial charge in [0.2, 0.25) is 11.4 Å². The average Bonchev–Trinajstić information content (AvgIpc) is 2.75. The maximum absolute atomic E-state index is 8.60. The normalized spacial score (nSPS) is 10.9. The Labute approximate surface area is 183 Å². The molecular weight excluding hydrogens is 414 g/mol. The highest BCUT2D eigenvalue weighted by molar-refractivity contribution is 5.73. The summed E-state index contributed by atoms with van der Waals surface area (Å²) in [4.78, 5) is 0. The van der Waals surface area contributed by atoms with Crippen LogP contribution in [0.4, 0.5) is 0 Å². The van der Waals surface area contributed by atoms with E-state index < -0.39 is 10.2 Å². The Morgan fingerprint density at radius 2 is 1.00 bits per heavy atom. The van der Waals surface area contributed by atoms with E-state index >= 15 is 0 Å². The van der Waals surface area contributed by atoms with E-state index in [0.29, 0.717) is 0 Å². The molecule has 0 atom stereocenters. The van der Waals surface area contributed by atoms with Crippen LogP contribution in [0.25, 0.3) is 33.6 Å². The largest absolute Gasteiger partial charge is 0.213 e. The van der Waals surface area contributed by atoms with Crippen LogP contribution < -0.4 is 18.5 Å². The summed E-state index contributed by atoms with van der Waals surface area (Å²) in [5.41, 5.74) is 8.63. The lowest BCUT2D eigenvalue weighted by atomic mass is 9.98. The molecule has 0 bridgehead atoms. The molecule has 0 saturated carbocycles. The van der Waals surface area contributed by atoms with E-state index in [9.17, 15) is 0 Å². The van der Waals surface area contributed by atoms with Gasteiger partial charge in [0, 0.05) is 23.3 Å². The molecule has 3 aromatic carbocycles. The first kappa shape index (κ1) is 22.6. The Balaban J connectivity index is 0.000000491. The second-order valence-electron chi connectivity index (χ2n) is 7.07. The van der Waals surface area contributed by atoms with Crippen LogP contribution in [0.2, 0.25) is 0 Å². The summed E-state index contributed by atoms with van der Waals surface area (Å²) >= 11 is 0. The number of benzene rings is 3. The molecule has 4 rings (SSSR count). The molecule has 0 saturated heterocycles. The van der Waals surface area contributed by atoms with E-state index in [1.165, 1.54) is 39.2 Å². The van der Waals surface area contributed by atoms with Crippen molar-refractivity contribution in [2.45, 2.75) is 6.92 Å². The quantitative estimate of drug-likeness (QED) is 0.494. The maximum Gasteiger partial charge on any atom is 0.213 e. The molecular formula is C25H23ClNO4+. The van der Waals surface area contributed by atoms with Gasteiger partial charge in [-0.2, -0.15) is 18.5 Å². The molecule has 1 heterocycles. The number of hydrogen-bond donors (Lipinski definition) is 1. The highest BCUT2D eigenvalue weighted by Gasteiger charge is 2.19. The second kappa shape index (κ2) is 9.83. The molecule has 5 nitrogen and oxygen atoms in total. The predicted molar refractivity (Wildman–Crippen MR) is 111 cm³/mol. The van der Waals surface area contributed by atoms with Crippen LogP contribution >= 0.6 is 0 Å². The van der Waals surface area contributed by atoms with Crippen molar-refractivity contribution in [3.05, 3.63) is 103 Å². The van der Waals surface area contributed by atoms with Gasteiger partial charge in [-0.05, 0) is 42.3 Å². The second-order valence-corrected chi connectivity index (χ2v) is 7.86. The van der Waals surface area contributed by atoms with Gasteiger partial charge in [-0.3, -0.25) is 0 Å². The summed E-state index contributed by atoms with van der Waals surface area (Å²) in [7, 11) is -2.55. The fourth-order valence-corrected chi connectivity index (χ4v) is 3.34. The molecule has 1 N–H and O–H groups in total. The first-order valence-corrected chi connectivity index (χ1v) is 10.8. The van der Waals surface area contributed by atoms with Gasteiger partial charge < -0.3 is 0 Å². The smallest absolute Gasteiger partial charge is 0.194 e. The predicted octanol–water partition coefficient (Wildman–Crippen LogP) is 1.70. The topological polar surface area (TPSA) is 93.3 Å². The summed E-state index contributed by atoms with van der Waals surface area (Å²) in [5, 5.41) is 0. The summed E-state index contributed by atoms with van der Waals surface area (Å²) in [6.45, 7) is 2.12. The molecule has 4 aromatic rings. The molecule has 0 radical (unpaired) electrons. The van der Waals surface area contributed by atoms with Gasteiger partial charge in [-0.15, -0.1) is 0 Å². The molecule has 0 spiro atoms. The number of nitrogens with zero attached hydrogens (tertiary/aromatic N) is 1. The Bertz CT molecular complexity index is 1060. The van der Waals surface area contributed by atoms with Gasteiger partial charge in [0.1, 0.15) is 7.05 Å². The third kappa shape index (κ3) is 6.46. The van der Waals surface area contributed by atoms with Gasteiger partial charge in [-0.1, -0.05) is 66.2 Å². The van der Waals surface area contributed by atoms with Crippen LogP contribution in [-0.4, -0.2) is 4.66 Å². The third-order valence-corrected chi connectivity index (χ3v) is 4.83. The van der Waals surface area contributed by atoms with Gasteiger partial charge >= 0.3 is 0 Å². The van der Waals surface area contributed by atoms with Crippen molar-refractivity contribution >= 4 is 0 Å². The minimum atomic E-state index is -4.69. The number of rotatable bonds is 3. The minimum Gasteiger partial charge on any atom is -0.194 e. The Hall–Kier alpha value is -3.06. The van der Waals surface area contributed by atoms with Crippen molar-refractivity contribution in [2.75, 3.05) is 0 Å². The van der Waals surface area contributed by atoms with Crippen LogP contribution in [0, 0.1) is 17.2 Å². The van der Waals surface area contributed by atoms with Crippen LogP contribution in [0.5, 0.6) is 0 Å². The van der Waals surface area contributed by atoms with Crippen LogP contribution in [-0.2, 0) is 7.05 Å². The number of aromatic nitrogens is 1. The molecule has 0 aliphatic carbocycles. The van der Waals surface area contributed by atoms with Crippen molar-refractivity contribution in [3.63, 3.8) is 0 Å². The molecule has 0 aliphatic rings. The molecule has 0 fully saturated rings. The average molecular weight is 437 g/mol. The number of halogens is 1. The van der Waals surface area contributed by atoms with E-state index in [1.54, 1.807) is 0 Å². The van der Waals surface area contributed by atoms with E-state index in [1.807, 2.05) is 0 Å². The van der Waals surface area contributed by atoms with E-state index in [2.05, 4.69) is 116 Å². The first-order valence-electron chi connectivity index (χ1n) is 9.57. The van der Waals surface area contributed by atoms with E-state index in [0.717, 1.165) is 0 Å². The number of hydrogen-bond acceptors (Lipinski definition) is 4. The fourth-order valence-electron chi connectivity index (χ4n) is 3.34. The Morgan fingerprint density at radius 1 is 0.613 bits per heavy atom. The summed E-state index contributed by atoms with van der Waals surface area (Å²) in [5.74, 6) is 0. The van der Waals surface area contributed by atoms with Gasteiger partial charge in [0.15, 0.2) is 0 Å². The van der Waals surface area contributed by atoms with Crippen molar-refractivity contribution in [1.29, 1.82) is 0 Å². The molecule has 1 aromatic heterocycles. The lowest BCUT2D eigenvalue weighted by Crippen LogP contribution is -2.58. The minimum absolute atomic E-state index is 1.21. The SMILES string of the molecule is Cc1ccc(-c2cc(-c3ccccc3)[n+](C)c(-c3ccccc3)c2)cc1.[O-][Cl+3]([O-])([O-])O. The standard InChI is InChI=1S/C25H22N.ClHO4/c1-19-13-15-20(16-14-19)23-17-24(21-9-5-3-6-10-21)26(2)25(18-23)22-11-7-4-8-12-22;2-1(3,4)5/h3-18H,1-2H3;(H,2,3,4,5)/q+1;. The monoisotopic (exact) mass is 436 g/mol. The highest BCUT2D eigenvalue weighted by atomic mass is 35.7. The zero-order valence-corrected chi connectivity index (χ0v) is 18.0. The van der Waals surface area contributed by atoms with Crippen molar-refractivity contribution in [3.8, 4) is 33.6 Å². The molecule has 6 heteroatoms. The third-order valence-electron chi connectivity index (χ3n) is 4.83.